The molecule has 0 spiro atoms. The van der Waals surface area contributed by atoms with Gasteiger partial charge in [-0.05, 0) is 63.4 Å². The van der Waals surface area contributed by atoms with E-state index in [9.17, 15) is 9.90 Å². The van der Waals surface area contributed by atoms with Crippen LogP contribution in [0, 0.1) is 5.92 Å². The molecule has 0 aliphatic carbocycles. The minimum absolute atomic E-state index is 0.163. The van der Waals surface area contributed by atoms with Crippen LogP contribution in [-0.2, 0) is 4.79 Å². The van der Waals surface area contributed by atoms with Gasteiger partial charge in [-0.1, -0.05) is 6.07 Å². The zero-order valence-corrected chi connectivity index (χ0v) is 12.5. The molecule has 1 fully saturated rings. The number of aliphatic hydroxyl groups is 1. The van der Waals surface area contributed by atoms with Crippen molar-refractivity contribution < 1.29 is 14.6 Å². The lowest BCUT2D eigenvalue weighted by molar-refractivity contribution is -0.129. The molecule has 0 saturated carbocycles. The average Bonchev–Trinajstić information content (AvgIpc) is 2.48. The average molecular weight is 290 g/mol. The molecule has 1 aromatic carbocycles. The summed E-state index contributed by atoms with van der Waals surface area (Å²) in [6.07, 6.45) is 1.44. The predicted molar refractivity (Wildman–Crippen MR) is 80.3 cm³/mol. The summed E-state index contributed by atoms with van der Waals surface area (Å²) in [6, 6.07) is 5.55. The molecule has 2 aliphatic heterocycles. The number of hydrogen-bond acceptors (Lipinski definition) is 4. The highest BCUT2D eigenvalue weighted by molar-refractivity contribution is 6.00. The summed E-state index contributed by atoms with van der Waals surface area (Å²) in [6.45, 7) is 5.37. The fourth-order valence-corrected chi connectivity index (χ4v) is 2.94. The second-order valence-corrected chi connectivity index (χ2v) is 6.35. The fraction of sp³-hybridized carbons (Fsp3) is 0.562. The summed E-state index contributed by atoms with van der Waals surface area (Å²) >= 11 is 0. The van der Waals surface area contributed by atoms with Crippen LogP contribution in [0.4, 0.5) is 5.69 Å². The van der Waals surface area contributed by atoms with Crippen molar-refractivity contribution in [3.05, 3.63) is 23.8 Å². The maximum Gasteiger partial charge on any atom is 0.268 e. The van der Waals surface area contributed by atoms with Gasteiger partial charge in [0.05, 0.1) is 11.8 Å². The normalized spacial score (nSPS) is 22.9. The number of benzene rings is 1. The minimum Gasteiger partial charge on any atom is -0.476 e. The number of fused-ring (bicyclic) bond motifs is 1. The number of piperidine rings is 1. The van der Waals surface area contributed by atoms with E-state index >= 15 is 0 Å². The van der Waals surface area contributed by atoms with E-state index in [1.807, 2.05) is 18.2 Å². The molecule has 1 atom stereocenters. The molecule has 5 heteroatoms. The number of rotatable bonds is 2. The monoisotopic (exact) mass is 290 g/mol. The van der Waals surface area contributed by atoms with E-state index in [1.165, 1.54) is 0 Å². The molecule has 3 rings (SSSR count). The SMILES string of the molecule is CC1(C)Oc2ccc(C(O)C3CCNCC3)cc2NC1=O. The Morgan fingerprint density at radius 1 is 1.33 bits per heavy atom. The standard InChI is InChI=1S/C16H22N2O3/c1-16(2)15(20)18-12-9-11(3-4-13(12)21-16)14(19)10-5-7-17-8-6-10/h3-4,9-10,14,17,19H,5-8H2,1-2H3,(H,18,20). The number of ether oxygens (including phenoxy) is 1. The fourth-order valence-electron chi connectivity index (χ4n) is 2.94. The highest BCUT2D eigenvalue weighted by Gasteiger charge is 2.35. The lowest BCUT2D eigenvalue weighted by atomic mass is 9.88. The zero-order chi connectivity index (χ0) is 15.0. The summed E-state index contributed by atoms with van der Waals surface area (Å²) in [5.74, 6) is 0.755. The molecule has 5 nitrogen and oxygen atoms in total. The van der Waals surface area contributed by atoms with Gasteiger partial charge in [-0.15, -0.1) is 0 Å². The van der Waals surface area contributed by atoms with Crippen LogP contribution in [0.1, 0.15) is 38.4 Å². The van der Waals surface area contributed by atoms with Crippen LogP contribution in [-0.4, -0.2) is 29.7 Å². The van der Waals surface area contributed by atoms with E-state index < -0.39 is 11.7 Å². The Labute approximate surface area is 124 Å². The Kier molecular flexibility index (Phi) is 3.63. The third kappa shape index (κ3) is 2.76. The molecule has 0 aromatic heterocycles. The number of carbonyl (C=O) groups excluding carboxylic acids is 1. The maximum atomic E-state index is 12.0. The van der Waals surface area contributed by atoms with Crippen molar-refractivity contribution in [1.82, 2.24) is 5.32 Å². The van der Waals surface area contributed by atoms with Gasteiger partial charge in [0, 0.05) is 0 Å². The summed E-state index contributed by atoms with van der Waals surface area (Å²) in [5, 5.41) is 16.7. The predicted octanol–water partition coefficient (Wildman–Crippen LogP) is 1.83. The third-order valence-corrected chi connectivity index (χ3v) is 4.34. The van der Waals surface area contributed by atoms with Crippen LogP contribution in [0.2, 0.25) is 0 Å². The molecule has 1 saturated heterocycles. The Morgan fingerprint density at radius 2 is 2.05 bits per heavy atom. The van der Waals surface area contributed by atoms with Gasteiger partial charge in [0.1, 0.15) is 5.75 Å². The van der Waals surface area contributed by atoms with Crippen LogP contribution in [0.25, 0.3) is 0 Å². The molecule has 0 radical (unpaired) electrons. The summed E-state index contributed by atoms with van der Waals surface area (Å²) in [4.78, 5) is 12.0. The smallest absolute Gasteiger partial charge is 0.268 e. The summed E-state index contributed by atoms with van der Waals surface area (Å²) < 4.78 is 5.71. The maximum absolute atomic E-state index is 12.0. The van der Waals surface area contributed by atoms with Gasteiger partial charge in [0.2, 0.25) is 0 Å². The van der Waals surface area contributed by atoms with Gasteiger partial charge in [-0.3, -0.25) is 4.79 Å². The van der Waals surface area contributed by atoms with Crippen molar-refractivity contribution in [1.29, 1.82) is 0 Å². The topological polar surface area (TPSA) is 70.6 Å². The molecule has 1 amide bonds. The molecule has 0 bridgehead atoms. The largest absolute Gasteiger partial charge is 0.476 e. The van der Waals surface area contributed by atoms with Crippen molar-refractivity contribution in [2.24, 2.45) is 5.92 Å². The zero-order valence-electron chi connectivity index (χ0n) is 12.5. The first kappa shape index (κ1) is 14.4. The van der Waals surface area contributed by atoms with Crippen molar-refractivity contribution in [2.45, 2.75) is 38.4 Å². The molecule has 1 aromatic rings. The first-order chi connectivity index (χ1) is 9.97. The Bertz CT molecular complexity index is 550. The van der Waals surface area contributed by atoms with Crippen molar-refractivity contribution >= 4 is 11.6 Å². The summed E-state index contributed by atoms with van der Waals surface area (Å²) in [5.41, 5.74) is 0.622. The third-order valence-electron chi connectivity index (χ3n) is 4.34. The van der Waals surface area contributed by atoms with Crippen LogP contribution >= 0.6 is 0 Å². The molecule has 2 heterocycles. The van der Waals surface area contributed by atoms with Gasteiger partial charge >= 0.3 is 0 Å². The Morgan fingerprint density at radius 3 is 2.76 bits per heavy atom. The minimum atomic E-state index is -0.859. The van der Waals surface area contributed by atoms with E-state index in [0.717, 1.165) is 31.5 Å². The molecule has 21 heavy (non-hydrogen) atoms. The number of hydrogen-bond donors (Lipinski definition) is 3. The number of anilines is 1. The lowest BCUT2D eigenvalue weighted by Crippen LogP contribution is -2.45. The second-order valence-electron chi connectivity index (χ2n) is 6.35. The number of amides is 1. The number of carbonyl (C=O) groups is 1. The summed E-state index contributed by atoms with van der Waals surface area (Å²) in [7, 11) is 0. The quantitative estimate of drug-likeness (QED) is 0.777. The van der Waals surface area contributed by atoms with Crippen molar-refractivity contribution in [3.8, 4) is 5.75 Å². The van der Waals surface area contributed by atoms with Crippen LogP contribution in [0.15, 0.2) is 18.2 Å². The van der Waals surface area contributed by atoms with Gasteiger partial charge in [0.15, 0.2) is 5.60 Å². The lowest BCUT2D eigenvalue weighted by Gasteiger charge is -2.33. The molecule has 3 N–H and O–H groups in total. The van der Waals surface area contributed by atoms with Gasteiger partial charge < -0.3 is 20.5 Å². The van der Waals surface area contributed by atoms with Crippen LogP contribution in [0.3, 0.4) is 0 Å². The van der Waals surface area contributed by atoms with Crippen molar-refractivity contribution in [2.75, 3.05) is 18.4 Å². The first-order valence-electron chi connectivity index (χ1n) is 7.50. The second kappa shape index (κ2) is 5.31. The van der Waals surface area contributed by atoms with E-state index in [1.54, 1.807) is 13.8 Å². The molecular weight excluding hydrogens is 268 g/mol. The van der Waals surface area contributed by atoms with Gasteiger partial charge in [-0.25, -0.2) is 0 Å². The molecule has 2 aliphatic rings. The Balaban J connectivity index is 1.83. The first-order valence-corrected chi connectivity index (χ1v) is 7.50. The highest BCUT2D eigenvalue weighted by atomic mass is 16.5. The van der Waals surface area contributed by atoms with Gasteiger partial charge in [0.25, 0.3) is 5.91 Å². The van der Waals surface area contributed by atoms with Crippen molar-refractivity contribution in [3.63, 3.8) is 0 Å². The molecular formula is C16H22N2O3. The number of nitrogens with one attached hydrogen (secondary N) is 2. The molecule has 1 unspecified atom stereocenters. The number of aliphatic hydroxyl groups excluding tert-OH is 1. The van der Waals surface area contributed by atoms with E-state index in [2.05, 4.69) is 10.6 Å². The van der Waals surface area contributed by atoms with E-state index in [-0.39, 0.29) is 11.8 Å². The van der Waals surface area contributed by atoms with E-state index in [4.69, 9.17) is 4.74 Å². The highest BCUT2D eigenvalue weighted by Crippen LogP contribution is 2.37. The van der Waals surface area contributed by atoms with Crippen LogP contribution < -0.4 is 15.4 Å². The van der Waals surface area contributed by atoms with Crippen LogP contribution in [0.5, 0.6) is 5.75 Å². The van der Waals surface area contributed by atoms with Gasteiger partial charge in [-0.2, -0.15) is 0 Å². The Hall–Kier alpha value is -1.59. The van der Waals surface area contributed by atoms with E-state index in [0.29, 0.717) is 11.4 Å². The molecule has 114 valence electrons.